The second-order valence-electron chi connectivity index (χ2n) is 27.1. The molecule has 0 radical (unpaired) electrons. The van der Waals surface area contributed by atoms with Gasteiger partial charge in [-0.2, -0.15) is 0 Å². The van der Waals surface area contributed by atoms with E-state index in [9.17, 15) is 0 Å². The lowest BCUT2D eigenvalue weighted by Gasteiger charge is -2.48. The van der Waals surface area contributed by atoms with Crippen LogP contribution in [0.4, 0.5) is 68.2 Å². The summed E-state index contributed by atoms with van der Waals surface area (Å²) in [5.41, 5.74) is 35.3. The molecule has 0 spiro atoms. The van der Waals surface area contributed by atoms with E-state index < -0.39 is 0 Å². The molecule has 0 unspecified atom stereocenters. The molecule has 2 aliphatic carbocycles. The maximum absolute atomic E-state index is 2.69. The summed E-state index contributed by atoms with van der Waals surface area (Å²) in [6.45, 7) is 14.8. The molecule has 0 saturated carbocycles. The van der Waals surface area contributed by atoms with Crippen LogP contribution in [0.25, 0.3) is 22.3 Å². The maximum atomic E-state index is 2.69. The van der Waals surface area contributed by atoms with Crippen molar-refractivity contribution in [3.8, 4) is 22.3 Å². The highest BCUT2D eigenvalue weighted by atomic mass is 32.2. The molecule has 0 aromatic heterocycles. The first-order valence-electron chi connectivity index (χ1n) is 33.0. The lowest BCUT2D eigenvalue weighted by atomic mass is 9.30. The molecule has 19 rings (SSSR count). The van der Waals surface area contributed by atoms with Gasteiger partial charge in [0.2, 0.25) is 13.4 Å². The Hall–Kier alpha value is -10.1. The first-order chi connectivity index (χ1) is 46.0. The molecule has 0 N–H and O–H groups in total. The maximum Gasteiger partial charge on any atom is 0.249 e. The summed E-state index contributed by atoms with van der Waals surface area (Å²) in [6, 6.07) is 104. The minimum absolute atomic E-state index is 0.0540. The first kappa shape index (κ1) is 55.5. The van der Waals surface area contributed by atoms with Gasteiger partial charge in [-0.1, -0.05) is 225 Å². The van der Waals surface area contributed by atoms with Gasteiger partial charge >= 0.3 is 0 Å². The molecule has 13 aromatic rings. The normalized spacial score (nSPS) is 14.7. The molecule has 446 valence electrons. The standard InChI is InChI=1S/C86H64B2N4S2/c1-53-77-81(91(59-37-21-11-22-38-59)71-51-65-63-47-45-61(89(55-29-13-7-14-30-55)56-31-15-8-16-32-56)49-67(63)85(3,4)75(65)83-79(71)87(77)69-41-25-27-43-73(69)93-83)54(2)82-78(53)88-70-42-26-28-44-74(70)94-84-76-66(52-72(80(84)88)92(82)60-39-23-12-24-40-60)64-48-46-62(50-68(64)86(76,5)6)90(57-33-17-9-18-34-57)58-35-19-10-20-36-58/h7-52H,1-6H3. The van der Waals surface area contributed by atoms with Crippen LogP contribution in [0.1, 0.15) is 61.1 Å². The average molecular weight is 1240 g/mol. The summed E-state index contributed by atoms with van der Waals surface area (Å²) in [6.07, 6.45) is 0. The van der Waals surface area contributed by atoms with Crippen LogP contribution in [0.2, 0.25) is 0 Å². The highest BCUT2D eigenvalue weighted by Crippen LogP contribution is 2.61. The summed E-state index contributed by atoms with van der Waals surface area (Å²) in [7, 11) is 0. The SMILES string of the molecule is Cc1c2c(c(C)c3c1B1c4ccccc4Sc4c1c(cc1c4C(C)(C)c4cc(N(c5ccccc5)c5ccccc5)ccc4-1)N3c1ccccc1)N(c1ccccc1)c1cc3c(c4c1B2c1ccccc1S4)C(C)(C)c1cc(N(c2ccccc2)c2ccccc2)ccc1-3. The fraction of sp³-hybridized carbons (Fsp3) is 0.0930. The fourth-order valence-electron chi connectivity index (χ4n) is 17.4. The van der Waals surface area contributed by atoms with E-state index in [1.807, 2.05) is 23.5 Å². The van der Waals surface area contributed by atoms with Crippen LogP contribution in [0, 0.1) is 13.8 Å². The number of hydrogen-bond donors (Lipinski definition) is 0. The molecule has 6 aliphatic rings. The van der Waals surface area contributed by atoms with Gasteiger partial charge in [0.15, 0.2) is 0 Å². The Morgan fingerprint density at radius 2 is 0.649 bits per heavy atom. The number of hydrogen-bond acceptors (Lipinski definition) is 6. The third-order valence-electron chi connectivity index (χ3n) is 21.4. The highest BCUT2D eigenvalue weighted by Gasteiger charge is 2.53. The van der Waals surface area contributed by atoms with Crippen LogP contribution in [0.3, 0.4) is 0 Å². The van der Waals surface area contributed by atoms with Crippen molar-refractivity contribution in [3.63, 3.8) is 0 Å². The summed E-state index contributed by atoms with van der Waals surface area (Å²) >= 11 is 3.99. The van der Waals surface area contributed by atoms with E-state index in [4.69, 9.17) is 0 Å². The van der Waals surface area contributed by atoms with Crippen LogP contribution in [-0.4, -0.2) is 13.4 Å². The first-order valence-corrected chi connectivity index (χ1v) is 34.6. The van der Waals surface area contributed by atoms with Crippen molar-refractivity contribution in [2.45, 2.75) is 72.0 Å². The van der Waals surface area contributed by atoms with E-state index in [1.54, 1.807) is 0 Å². The number of para-hydroxylation sites is 6. The van der Waals surface area contributed by atoms with Gasteiger partial charge in [-0.15, -0.1) is 0 Å². The van der Waals surface area contributed by atoms with Gasteiger partial charge in [-0.05, 0) is 207 Å². The Kier molecular flexibility index (Phi) is 12.2. The van der Waals surface area contributed by atoms with Gasteiger partial charge in [-0.3, -0.25) is 0 Å². The van der Waals surface area contributed by atoms with Crippen LogP contribution in [0.15, 0.2) is 299 Å². The monoisotopic (exact) mass is 1240 g/mol. The molecule has 4 aliphatic heterocycles. The fourth-order valence-corrected chi connectivity index (χ4v) is 20.4. The van der Waals surface area contributed by atoms with E-state index in [2.05, 4.69) is 340 Å². The third-order valence-corrected chi connectivity index (χ3v) is 23.8. The number of anilines is 12. The Balaban J connectivity index is 0.870. The zero-order valence-electron chi connectivity index (χ0n) is 53.3. The van der Waals surface area contributed by atoms with Crippen LogP contribution >= 0.6 is 23.5 Å². The average Bonchev–Trinajstić information content (AvgIpc) is 1.09. The van der Waals surface area contributed by atoms with E-state index in [0.717, 1.165) is 45.5 Å². The molecule has 8 heteroatoms. The largest absolute Gasteiger partial charge is 0.311 e. The van der Waals surface area contributed by atoms with E-state index in [0.29, 0.717) is 0 Å². The molecule has 94 heavy (non-hydrogen) atoms. The molecular formula is C86H64B2N4S2. The van der Waals surface area contributed by atoms with E-state index in [1.165, 1.54) is 131 Å². The number of benzene rings is 13. The molecular weight excluding hydrogens is 1170 g/mol. The van der Waals surface area contributed by atoms with Crippen molar-refractivity contribution in [3.05, 3.63) is 312 Å². The van der Waals surface area contributed by atoms with Gasteiger partial charge < -0.3 is 19.6 Å². The summed E-state index contributed by atoms with van der Waals surface area (Å²) in [5, 5.41) is 0. The van der Waals surface area contributed by atoms with Crippen molar-refractivity contribution in [1.29, 1.82) is 0 Å². The minimum atomic E-state index is -0.342. The molecule has 0 atom stereocenters. The van der Waals surface area contributed by atoms with Crippen molar-refractivity contribution >= 4 is 138 Å². The Bertz CT molecular complexity index is 4910. The second kappa shape index (κ2) is 20.7. The predicted molar refractivity (Wildman–Crippen MR) is 400 cm³/mol. The van der Waals surface area contributed by atoms with Crippen LogP contribution < -0.4 is 52.4 Å². The molecule has 0 saturated heterocycles. The molecule has 0 amide bonds. The van der Waals surface area contributed by atoms with Gasteiger partial charge in [0, 0.05) is 98.7 Å². The lowest BCUT2D eigenvalue weighted by Crippen LogP contribution is -2.66. The lowest BCUT2D eigenvalue weighted by molar-refractivity contribution is 0.648. The molecule has 4 nitrogen and oxygen atoms in total. The van der Waals surface area contributed by atoms with Crippen molar-refractivity contribution in [1.82, 2.24) is 0 Å². The van der Waals surface area contributed by atoms with Gasteiger partial charge in [0.25, 0.3) is 0 Å². The molecule has 0 bridgehead atoms. The van der Waals surface area contributed by atoms with Crippen molar-refractivity contribution in [2.24, 2.45) is 0 Å². The van der Waals surface area contributed by atoms with Crippen molar-refractivity contribution in [2.75, 3.05) is 19.6 Å². The Morgan fingerprint density at radius 1 is 0.319 bits per heavy atom. The van der Waals surface area contributed by atoms with E-state index >= 15 is 0 Å². The van der Waals surface area contributed by atoms with Gasteiger partial charge in [-0.25, -0.2) is 0 Å². The summed E-state index contributed by atoms with van der Waals surface area (Å²) < 4.78 is 0. The smallest absolute Gasteiger partial charge is 0.249 e. The van der Waals surface area contributed by atoms with Gasteiger partial charge in [0.05, 0.1) is 0 Å². The van der Waals surface area contributed by atoms with E-state index in [-0.39, 0.29) is 24.3 Å². The van der Waals surface area contributed by atoms with Crippen LogP contribution in [0.5, 0.6) is 0 Å². The molecule has 4 heterocycles. The zero-order chi connectivity index (χ0) is 62.9. The predicted octanol–water partition coefficient (Wildman–Crippen LogP) is 19.4. The zero-order valence-corrected chi connectivity index (χ0v) is 55.0. The third kappa shape index (κ3) is 7.81. The van der Waals surface area contributed by atoms with Gasteiger partial charge in [0.1, 0.15) is 0 Å². The summed E-state index contributed by atoms with van der Waals surface area (Å²) in [4.78, 5) is 15.6. The Labute approximate surface area is 560 Å². The quantitative estimate of drug-likeness (QED) is 0.140. The second-order valence-corrected chi connectivity index (χ2v) is 29.2. The van der Waals surface area contributed by atoms with Crippen LogP contribution in [-0.2, 0) is 10.8 Å². The minimum Gasteiger partial charge on any atom is -0.311 e. The summed E-state index contributed by atoms with van der Waals surface area (Å²) in [5.74, 6) is 0. The molecule has 13 aromatic carbocycles. The Morgan fingerprint density at radius 3 is 1.01 bits per heavy atom. The highest BCUT2D eigenvalue weighted by molar-refractivity contribution is 8.00. The van der Waals surface area contributed by atoms with Crippen molar-refractivity contribution < 1.29 is 0 Å². The molecule has 0 fully saturated rings. The number of rotatable bonds is 8. The number of nitrogens with zero attached hydrogens (tertiary/aromatic N) is 4. The topological polar surface area (TPSA) is 13.0 Å². The number of fused-ring (bicyclic) bond motifs is 16.